The SMILES string of the molecule is CC/C=C(/C=C\N(C)C)CN1CC(c2ccc(-c3cccc(N/C(=C/C(=N)N)C(C)=N)c3OC)cn2)C1. The highest BCUT2D eigenvalue weighted by atomic mass is 16.5. The molecule has 0 radical (unpaired) electrons. The number of nitrogens with one attached hydrogen (secondary N) is 3. The fraction of sp³-hybridized carbons (Fsp3) is 0.345. The van der Waals surface area contributed by atoms with Crippen LogP contribution in [0.3, 0.4) is 0 Å². The Morgan fingerprint density at radius 3 is 2.57 bits per heavy atom. The van der Waals surface area contributed by atoms with E-state index in [1.807, 2.05) is 38.5 Å². The number of rotatable bonds is 12. The summed E-state index contributed by atoms with van der Waals surface area (Å²) in [5.41, 5.74) is 11.2. The number of allylic oxidation sites excluding steroid dienone is 2. The van der Waals surface area contributed by atoms with Crippen molar-refractivity contribution in [3.8, 4) is 16.9 Å². The number of amidine groups is 1. The van der Waals surface area contributed by atoms with Crippen LogP contribution in [0, 0.1) is 10.8 Å². The average molecular weight is 502 g/mol. The molecule has 0 bridgehead atoms. The van der Waals surface area contributed by atoms with Gasteiger partial charge in [-0.05, 0) is 43.3 Å². The summed E-state index contributed by atoms with van der Waals surface area (Å²) >= 11 is 0. The van der Waals surface area contributed by atoms with Crippen molar-refractivity contribution in [1.29, 1.82) is 10.8 Å². The Bertz CT molecular complexity index is 1190. The molecule has 0 spiro atoms. The summed E-state index contributed by atoms with van der Waals surface area (Å²) < 4.78 is 5.74. The fourth-order valence-electron chi connectivity index (χ4n) is 4.26. The first-order chi connectivity index (χ1) is 17.7. The molecule has 1 aromatic heterocycles. The molecule has 3 rings (SSSR count). The highest BCUT2D eigenvalue weighted by Gasteiger charge is 2.29. The standard InChI is InChI=1S/C29H39N7O/c1-6-8-21(13-14-35(3)4)17-36-18-23(19-36)25-12-11-22(16-33-25)24-9-7-10-26(29(24)37-5)34-27(20(2)30)15-28(31)32/h7-16,23,30,34H,6,17-19H2,1-5H3,(H3,31,32)/b14-13-,21-8-,27-15+,30-20?. The fourth-order valence-corrected chi connectivity index (χ4v) is 4.26. The third kappa shape index (κ3) is 7.54. The van der Waals surface area contributed by atoms with Gasteiger partial charge >= 0.3 is 0 Å². The smallest absolute Gasteiger partial charge is 0.150 e. The van der Waals surface area contributed by atoms with Crippen molar-refractivity contribution in [2.45, 2.75) is 26.2 Å². The van der Waals surface area contributed by atoms with Crippen molar-refractivity contribution >= 4 is 17.2 Å². The Hall–Kier alpha value is -3.91. The van der Waals surface area contributed by atoms with Gasteiger partial charge in [0.1, 0.15) is 11.6 Å². The van der Waals surface area contributed by atoms with Gasteiger partial charge in [0.05, 0.1) is 24.2 Å². The van der Waals surface area contributed by atoms with Crippen LogP contribution in [-0.2, 0) is 0 Å². The van der Waals surface area contributed by atoms with Crippen LogP contribution in [0.5, 0.6) is 5.75 Å². The summed E-state index contributed by atoms with van der Waals surface area (Å²) in [6, 6.07) is 9.98. The second-order valence-electron chi connectivity index (χ2n) is 9.48. The van der Waals surface area contributed by atoms with E-state index in [9.17, 15) is 0 Å². The van der Waals surface area contributed by atoms with E-state index in [-0.39, 0.29) is 11.5 Å². The molecule has 1 fully saturated rings. The highest BCUT2D eigenvalue weighted by Crippen LogP contribution is 2.37. The van der Waals surface area contributed by atoms with Gasteiger partial charge < -0.3 is 26.1 Å². The van der Waals surface area contributed by atoms with E-state index in [2.05, 4.69) is 52.5 Å². The molecule has 8 heteroatoms. The Kier molecular flexibility index (Phi) is 9.63. The maximum Gasteiger partial charge on any atom is 0.150 e. The normalized spacial score (nSPS) is 14.9. The van der Waals surface area contributed by atoms with Gasteiger partial charge in [0.2, 0.25) is 0 Å². The molecule has 0 atom stereocenters. The van der Waals surface area contributed by atoms with Gasteiger partial charge in [0.15, 0.2) is 0 Å². The summed E-state index contributed by atoms with van der Waals surface area (Å²) in [7, 11) is 5.70. The van der Waals surface area contributed by atoms with Crippen molar-refractivity contribution in [3.05, 3.63) is 77.9 Å². The monoisotopic (exact) mass is 501 g/mol. The maximum absolute atomic E-state index is 7.99. The number of anilines is 1. The number of ether oxygens (including phenoxy) is 1. The van der Waals surface area contributed by atoms with Crippen molar-refractivity contribution in [2.24, 2.45) is 5.73 Å². The van der Waals surface area contributed by atoms with Gasteiger partial charge in [0.25, 0.3) is 0 Å². The van der Waals surface area contributed by atoms with Crippen molar-refractivity contribution in [2.75, 3.05) is 46.2 Å². The molecular formula is C29H39N7O. The number of hydrogen-bond donors (Lipinski definition) is 4. The van der Waals surface area contributed by atoms with Crippen molar-refractivity contribution < 1.29 is 4.74 Å². The summed E-state index contributed by atoms with van der Waals surface area (Å²) in [6.07, 6.45) is 10.9. The zero-order valence-electron chi connectivity index (χ0n) is 22.5. The molecule has 1 aromatic carbocycles. The molecule has 8 nitrogen and oxygen atoms in total. The summed E-state index contributed by atoms with van der Waals surface area (Å²) in [5, 5.41) is 18.7. The predicted octanol–water partition coefficient (Wildman–Crippen LogP) is 4.84. The van der Waals surface area contributed by atoms with Crippen LogP contribution in [0.4, 0.5) is 5.69 Å². The highest BCUT2D eigenvalue weighted by molar-refractivity contribution is 6.05. The zero-order chi connectivity index (χ0) is 26.9. The summed E-state index contributed by atoms with van der Waals surface area (Å²) in [4.78, 5) is 9.31. The first kappa shape index (κ1) is 27.7. The topological polar surface area (TPSA) is 114 Å². The number of pyridine rings is 1. The number of nitrogens with zero attached hydrogens (tertiary/aromatic N) is 3. The van der Waals surface area contributed by atoms with Crippen molar-refractivity contribution in [1.82, 2.24) is 14.8 Å². The maximum atomic E-state index is 7.99. The third-order valence-electron chi connectivity index (χ3n) is 6.12. The molecule has 0 aliphatic carbocycles. The molecule has 2 aromatic rings. The van der Waals surface area contributed by atoms with E-state index >= 15 is 0 Å². The lowest BCUT2D eigenvalue weighted by Crippen LogP contribution is -2.45. The molecule has 2 heterocycles. The van der Waals surface area contributed by atoms with Crippen LogP contribution in [0.2, 0.25) is 0 Å². The molecule has 196 valence electrons. The first-order valence-electron chi connectivity index (χ1n) is 12.5. The molecule has 37 heavy (non-hydrogen) atoms. The van der Waals surface area contributed by atoms with Crippen LogP contribution in [-0.4, -0.2) is 67.2 Å². The molecule has 0 saturated carbocycles. The quantitative estimate of drug-likeness (QED) is 0.188. The number of benzene rings is 1. The predicted molar refractivity (Wildman–Crippen MR) is 154 cm³/mol. The van der Waals surface area contributed by atoms with Crippen LogP contribution >= 0.6 is 0 Å². The minimum absolute atomic E-state index is 0.124. The third-order valence-corrected chi connectivity index (χ3v) is 6.12. The van der Waals surface area contributed by atoms with Crippen LogP contribution in [0.1, 0.15) is 31.9 Å². The van der Waals surface area contributed by atoms with Gasteiger partial charge in [-0.1, -0.05) is 31.2 Å². The number of nitrogens with two attached hydrogens (primary N) is 1. The zero-order valence-corrected chi connectivity index (χ0v) is 22.5. The van der Waals surface area contributed by atoms with Crippen molar-refractivity contribution in [3.63, 3.8) is 0 Å². The molecule has 1 aliphatic rings. The molecular weight excluding hydrogens is 462 g/mol. The van der Waals surface area contributed by atoms with Gasteiger partial charge in [0, 0.05) is 68.7 Å². The number of methoxy groups -OCH3 is 1. The van der Waals surface area contributed by atoms with Gasteiger partial charge in [-0.25, -0.2) is 0 Å². The Morgan fingerprint density at radius 1 is 1.24 bits per heavy atom. The molecule has 5 N–H and O–H groups in total. The molecule has 1 saturated heterocycles. The second-order valence-corrected chi connectivity index (χ2v) is 9.48. The Morgan fingerprint density at radius 2 is 2.00 bits per heavy atom. The van der Waals surface area contributed by atoms with E-state index in [0.717, 1.165) is 42.9 Å². The van der Waals surface area contributed by atoms with E-state index in [1.165, 1.54) is 11.6 Å². The van der Waals surface area contributed by atoms with Crippen LogP contribution < -0.4 is 15.8 Å². The van der Waals surface area contributed by atoms with E-state index in [4.69, 9.17) is 26.3 Å². The average Bonchev–Trinajstić information content (AvgIpc) is 2.83. The van der Waals surface area contributed by atoms with E-state index in [1.54, 1.807) is 14.0 Å². The summed E-state index contributed by atoms with van der Waals surface area (Å²) in [5.74, 6) is 0.948. The first-order valence-corrected chi connectivity index (χ1v) is 12.5. The van der Waals surface area contributed by atoms with Gasteiger partial charge in [-0.3, -0.25) is 15.3 Å². The number of aromatic nitrogens is 1. The molecule has 0 unspecified atom stereocenters. The second kappa shape index (κ2) is 12.9. The lowest BCUT2D eigenvalue weighted by atomic mass is 9.94. The lowest BCUT2D eigenvalue weighted by molar-refractivity contribution is 0.161. The Labute approximate surface area is 220 Å². The molecule has 0 amide bonds. The summed E-state index contributed by atoms with van der Waals surface area (Å²) in [6.45, 7) is 6.77. The van der Waals surface area contributed by atoms with Gasteiger partial charge in [-0.15, -0.1) is 0 Å². The minimum atomic E-state index is -0.124. The van der Waals surface area contributed by atoms with E-state index in [0.29, 0.717) is 23.1 Å². The number of para-hydroxylation sites is 1. The number of hydrogen-bond acceptors (Lipinski definition) is 7. The largest absolute Gasteiger partial charge is 0.494 e. The minimum Gasteiger partial charge on any atom is -0.494 e. The van der Waals surface area contributed by atoms with Gasteiger partial charge in [-0.2, -0.15) is 0 Å². The van der Waals surface area contributed by atoms with Crippen LogP contribution in [0.25, 0.3) is 11.1 Å². The number of likely N-dealkylation sites (tertiary alicyclic amines) is 1. The van der Waals surface area contributed by atoms with Crippen LogP contribution in [0.15, 0.2) is 72.2 Å². The Balaban J connectivity index is 1.71. The molecule has 1 aliphatic heterocycles. The van der Waals surface area contributed by atoms with E-state index < -0.39 is 0 Å². The lowest BCUT2D eigenvalue weighted by Gasteiger charge is -2.39.